The molecule has 144 valence electrons. The zero-order valence-corrected chi connectivity index (χ0v) is 16.1. The van der Waals surface area contributed by atoms with E-state index in [2.05, 4.69) is 5.32 Å². The van der Waals surface area contributed by atoms with Crippen LogP contribution in [0.15, 0.2) is 36.4 Å². The number of anilines is 1. The Morgan fingerprint density at radius 3 is 2.30 bits per heavy atom. The first-order chi connectivity index (χ1) is 13.0. The Balaban J connectivity index is 1.90. The smallest absolute Gasteiger partial charge is 0.235 e. The molecule has 27 heavy (non-hydrogen) atoms. The second-order valence-corrected chi connectivity index (χ2v) is 7.03. The van der Waals surface area contributed by atoms with Crippen molar-refractivity contribution in [2.45, 2.75) is 39.0 Å². The van der Waals surface area contributed by atoms with Crippen LogP contribution in [-0.2, 0) is 14.9 Å². The highest BCUT2D eigenvalue weighted by molar-refractivity contribution is 5.99. The number of hydrogen-bond acceptors (Lipinski definition) is 3. The molecule has 2 aromatic rings. The van der Waals surface area contributed by atoms with Crippen LogP contribution >= 0.6 is 0 Å². The molecule has 2 aromatic carbocycles. The lowest BCUT2D eigenvalue weighted by Gasteiger charge is -2.36. The molecule has 0 aromatic heterocycles. The molecule has 1 aliphatic rings. The summed E-state index contributed by atoms with van der Waals surface area (Å²) in [7, 11) is 0. The van der Waals surface area contributed by atoms with E-state index >= 15 is 0 Å². The largest absolute Gasteiger partial charge is 0.493 e. The first-order valence-electron chi connectivity index (χ1n) is 9.35. The molecule has 1 amide bonds. The minimum absolute atomic E-state index is 0.0830. The van der Waals surface area contributed by atoms with E-state index in [4.69, 9.17) is 9.47 Å². The lowest BCUT2D eigenvalue weighted by molar-refractivity contribution is -0.125. The predicted octanol–water partition coefficient (Wildman–Crippen LogP) is 4.53. The van der Waals surface area contributed by atoms with Crippen molar-refractivity contribution in [1.29, 1.82) is 0 Å². The molecule has 0 saturated carbocycles. The van der Waals surface area contributed by atoms with Crippen LogP contribution in [0.4, 0.5) is 10.1 Å². The zero-order valence-electron chi connectivity index (χ0n) is 16.1. The van der Waals surface area contributed by atoms with Gasteiger partial charge in [-0.2, -0.15) is 0 Å². The van der Waals surface area contributed by atoms with Gasteiger partial charge in [0.2, 0.25) is 5.91 Å². The third-order valence-corrected chi connectivity index (χ3v) is 5.18. The molecule has 0 spiro atoms. The molecule has 5 heteroatoms. The Morgan fingerprint density at radius 1 is 1.15 bits per heavy atom. The fraction of sp³-hybridized carbons (Fsp3) is 0.409. The Morgan fingerprint density at radius 2 is 1.74 bits per heavy atom. The number of carbonyl (C=O) groups is 1. The van der Waals surface area contributed by atoms with Crippen LogP contribution in [0.3, 0.4) is 0 Å². The number of benzene rings is 2. The van der Waals surface area contributed by atoms with E-state index in [1.807, 2.05) is 32.9 Å². The van der Waals surface area contributed by atoms with Gasteiger partial charge < -0.3 is 14.8 Å². The normalized spacial score (nSPS) is 16.0. The number of hydrogen-bond donors (Lipinski definition) is 1. The van der Waals surface area contributed by atoms with E-state index in [1.165, 1.54) is 12.1 Å². The first kappa shape index (κ1) is 19.4. The number of rotatable bonds is 5. The minimum atomic E-state index is -0.716. The molecule has 1 fully saturated rings. The van der Waals surface area contributed by atoms with Gasteiger partial charge in [-0.1, -0.05) is 12.1 Å². The molecule has 0 aliphatic carbocycles. The van der Waals surface area contributed by atoms with Crippen molar-refractivity contribution in [2.24, 2.45) is 0 Å². The highest BCUT2D eigenvalue weighted by atomic mass is 19.1. The SMILES string of the molecule is CCOc1c(C)cc(NC(=O)C2(c3ccc(F)cc3)CCOCC2)cc1C. The van der Waals surface area contributed by atoms with Gasteiger partial charge in [0.15, 0.2) is 0 Å². The standard InChI is InChI=1S/C22H26FNO3/c1-4-27-20-15(2)13-19(14-16(20)3)24-21(25)22(9-11-26-12-10-22)17-5-7-18(23)8-6-17/h5-8,13-14H,4,9-12H2,1-3H3,(H,24,25). The average Bonchev–Trinajstić information content (AvgIpc) is 2.66. The van der Waals surface area contributed by atoms with Crippen molar-refractivity contribution in [3.05, 3.63) is 58.9 Å². The van der Waals surface area contributed by atoms with Gasteiger partial charge in [0.1, 0.15) is 11.6 Å². The number of aryl methyl sites for hydroxylation is 2. The molecule has 1 saturated heterocycles. The van der Waals surface area contributed by atoms with Crippen LogP contribution in [0, 0.1) is 19.7 Å². The minimum Gasteiger partial charge on any atom is -0.493 e. The molecule has 0 atom stereocenters. The lowest BCUT2D eigenvalue weighted by atomic mass is 9.73. The second-order valence-electron chi connectivity index (χ2n) is 7.03. The molecule has 1 aliphatic heterocycles. The molecule has 1 heterocycles. The third-order valence-electron chi connectivity index (χ3n) is 5.18. The van der Waals surface area contributed by atoms with Crippen LogP contribution in [0.1, 0.15) is 36.5 Å². The summed E-state index contributed by atoms with van der Waals surface area (Å²) in [6.45, 7) is 7.50. The van der Waals surface area contributed by atoms with Gasteiger partial charge >= 0.3 is 0 Å². The molecule has 3 rings (SSSR count). The maximum Gasteiger partial charge on any atom is 0.235 e. The Bertz CT molecular complexity index is 788. The zero-order chi connectivity index (χ0) is 19.4. The van der Waals surface area contributed by atoms with E-state index in [0.717, 1.165) is 28.1 Å². The summed E-state index contributed by atoms with van der Waals surface area (Å²) in [6.07, 6.45) is 1.14. The number of amides is 1. The summed E-state index contributed by atoms with van der Waals surface area (Å²) in [5.74, 6) is 0.467. The summed E-state index contributed by atoms with van der Waals surface area (Å²) >= 11 is 0. The Labute approximate surface area is 159 Å². The van der Waals surface area contributed by atoms with Crippen molar-refractivity contribution in [3.8, 4) is 5.75 Å². The van der Waals surface area contributed by atoms with Crippen LogP contribution in [0.25, 0.3) is 0 Å². The summed E-state index contributed by atoms with van der Waals surface area (Å²) in [5.41, 5.74) is 2.81. The number of carbonyl (C=O) groups excluding carboxylic acids is 1. The summed E-state index contributed by atoms with van der Waals surface area (Å²) in [5, 5.41) is 3.07. The molecular formula is C22H26FNO3. The molecule has 0 unspecified atom stereocenters. The van der Waals surface area contributed by atoms with E-state index < -0.39 is 5.41 Å². The topological polar surface area (TPSA) is 47.6 Å². The van der Waals surface area contributed by atoms with Crippen molar-refractivity contribution in [2.75, 3.05) is 25.1 Å². The fourth-order valence-electron chi connectivity index (χ4n) is 3.78. The molecular weight excluding hydrogens is 345 g/mol. The molecule has 0 bridgehead atoms. The molecule has 4 nitrogen and oxygen atoms in total. The van der Waals surface area contributed by atoms with Crippen molar-refractivity contribution in [3.63, 3.8) is 0 Å². The highest BCUT2D eigenvalue weighted by Gasteiger charge is 2.41. The van der Waals surface area contributed by atoms with Gasteiger partial charge in [0.05, 0.1) is 12.0 Å². The average molecular weight is 371 g/mol. The maximum atomic E-state index is 13.4. The maximum absolute atomic E-state index is 13.4. The number of ether oxygens (including phenoxy) is 2. The quantitative estimate of drug-likeness (QED) is 0.840. The summed E-state index contributed by atoms with van der Waals surface area (Å²) in [6, 6.07) is 10.1. The predicted molar refractivity (Wildman–Crippen MR) is 104 cm³/mol. The van der Waals surface area contributed by atoms with Gasteiger partial charge in [-0.05, 0) is 74.6 Å². The van der Waals surface area contributed by atoms with Gasteiger partial charge in [0, 0.05) is 18.9 Å². The van der Waals surface area contributed by atoms with E-state index in [1.54, 1.807) is 12.1 Å². The van der Waals surface area contributed by atoms with Crippen molar-refractivity contribution in [1.82, 2.24) is 0 Å². The molecule has 0 radical (unpaired) electrons. The fourth-order valence-corrected chi connectivity index (χ4v) is 3.78. The van der Waals surface area contributed by atoms with Crippen LogP contribution in [-0.4, -0.2) is 25.7 Å². The van der Waals surface area contributed by atoms with Gasteiger partial charge in [-0.25, -0.2) is 4.39 Å². The van der Waals surface area contributed by atoms with Gasteiger partial charge in [-0.3, -0.25) is 4.79 Å². The van der Waals surface area contributed by atoms with Crippen molar-refractivity contribution >= 4 is 11.6 Å². The number of halogens is 1. The second kappa shape index (κ2) is 8.09. The number of nitrogens with one attached hydrogen (secondary N) is 1. The summed E-state index contributed by atoms with van der Waals surface area (Å²) in [4.78, 5) is 13.3. The van der Waals surface area contributed by atoms with Crippen LogP contribution < -0.4 is 10.1 Å². The highest BCUT2D eigenvalue weighted by Crippen LogP contribution is 2.37. The third kappa shape index (κ3) is 3.98. The van der Waals surface area contributed by atoms with Crippen LogP contribution in [0.2, 0.25) is 0 Å². The van der Waals surface area contributed by atoms with Gasteiger partial charge in [0.25, 0.3) is 0 Å². The van der Waals surface area contributed by atoms with E-state index in [-0.39, 0.29) is 11.7 Å². The van der Waals surface area contributed by atoms with Gasteiger partial charge in [-0.15, -0.1) is 0 Å². The molecule has 1 N–H and O–H groups in total. The van der Waals surface area contributed by atoms with Crippen LogP contribution in [0.5, 0.6) is 5.75 Å². The monoisotopic (exact) mass is 371 g/mol. The summed E-state index contributed by atoms with van der Waals surface area (Å²) < 4.78 is 24.5. The van der Waals surface area contributed by atoms with Crippen molar-refractivity contribution < 1.29 is 18.7 Å². The van der Waals surface area contributed by atoms with E-state index in [9.17, 15) is 9.18 Å². The van der Waals surface area contributed by atoms with E-state index in [0.29, 0.717) is 32.7 Å². The Kier molecular flexibility index (Phi) is 5.80. The lowest BCUT2D eigenvalue weighted by Crippen LogP contribution is -2.44. The Hall–Kier alpha value is -2.40. The first-order valence-corrected chi connectivity index (χ1v) is 9.35.